The van der Waals surface area contributed by atoms with Crippen LogP contribution in [0.15, 0.2) is 36.4 Å². The standard InChI is InChI=1S/C21H20N2O3/c1-12-2-6-17-16(8-12)15-5-4-14(10-18(15)23-17)22-21(24)13-3-7-19-20(9-13)26-11-25-19/h2-3,6-9,14,23H,4-5,10-11H2,1H3,(H,22,24). The fraction of sp³-hybridized carbons (Fsp3) is 0.286. The van der Waals surface area contributed by atoms with Gasteiger partial charge in [-0.2, -0.15) is 0 Å². The highest BCUT2D eigenvalue weighted by atomic mass is 16.7. The number of nitrogens with one attached hydrogen (secondary N) is 2. The van der Waals surface area contributed by atoms with Gasteiger partial charge in [-0.05, 0) is 55.7 Å². The third-order valence-corrected chi connectivity index (χ3v) is 5.31. The van der Waals surface area contributed by atoms with Gasteiger partial charge in [0.2, 0.25) is 6.79 Å². The molecule has 0 saturated heterocycles. The fourth-order valence-corrected chi connectivity index (χ4v) is 3.97. The van der Waals surface area contributed by atoms with E-state index in [0.29, 0.717) is 17.1 Å². The van der Waals surface area contributed by atoms with Gasteiger partial charge in [-0.1, -0.05) is 11.6 Å². The third kappa shape index (κ3) is 2.51. The van der Waals surface area contributed by atoms with Gasteiger partial charge < -0.3 is 19.8 Å². The van der Waals surface area contributed by atoms with Crippen molar-refractivity contribution in [1.82, 2.24) is 10.3 Å². The highest BCUT2D eigenvalue weighted by Crippen LogP contribution is 2.33. The molecule has 5 rings (SSSR count). The average molecular weight is 348 g/mol. The summed E-state index contributed by atoms with van der Waals surface area (Å²) < 4.78 is 10.7. The summed E-state index contributed by atoms with van der Waals surface area (Å²) in [6.45, 7) is 2.34. The lowest BCUT2D eigenvalue weighted by molar-refractivity contribution is 0.0933. The number of carbonyl (C=O) groups is 1. The summed E-state index contributed by atoms with van der Waals surface area (Å²) in [6, 6.07) is 12.0. The van der Waals surface area contributed by atoms with Crippen molar-refractivity contribution in [2.75, 3.05) is 6.79 Å². The van der Waals surface area contributed by atoms with E-state index in [1.807, 2.05) is 0 Å². The molecule has 0 radical (unpaired) electrons. The van der Waals surface area contributed by atoms with Crippen LogP contribution in [0.4, 0.5) is 0 Å². The Labute approximate surface area is 151 Å². The Hall–Kier alpha value is -2.95. The van der Waals surface area contributed by atoms with Crippen LogP contribution >= 0.6 is 0 Å². The number of amides is 1. The van der Waals surface area contributed by atoms with Crippen LogP contribution in [-0.4, -0.2) is 23.7 Å². The normalized spacial score (nSPS) is 18.0. The number of aromatic nitrogens is 1. The van der Waals surface area contributed by atoms with Crippen molar-refractivity contribution in [2.24, 2.45) is 0 Å². The number of rotatable bonds is 2. The van der Waals surface area contributed by atoms with Gasteiger partial charge in [0, 0.05) is 34.6 Å². The smallest absolute Gasteiger partial charge is 0.251 e. The minimum absolute atomic E-state index is 0.0660. The zero-order chi connectivity index (χ0) is 17.7. The number of aryl methyl sites for hydroxylation is 2. The molecule has 1 aromatic heterocycles. The van der Waals surface area contributed by atoms with E-state index in [0.717, 1.165) is 19.3 Å². The summed E-state index contributed by atoms with van der Waals surface area (Å²) in [5, 5.41) is 4.49. The zero-order valence-electron chi connectivity index (χ0n) is 14.6. The van der Waals surface area contributed by atoms with Crippen LogP contribution in [0.3, 0.4) is 0 Å². The van der Waals surface area contributed by atoms with E-state index in [1.165, 1.54) is 27.7 Å². The Morgan fingerprint density at radius 3 is 2.96 bits per heavy atom. The van der Waals surface area contributed by atoms with E-state index in [1.54, 1.807) is 18.2 Å². The number of hydrogen-bond acceptors (Lipinski definition) is 3. The lowest BCUT2D eigenvalue weighted by Gasteiger charge is -2.23. The molecule has 3 aromatic rings. The van der Waals surface area contributed by atoms with Gasteiger partial charge in [0.05, 0.1) is 0 Å². The van der Waals surface area contributed by atoms with Crippen molar-refractivity contribution in [3.8, 4) is 11.5 Å². The first-order valence-electron chi connectivity index (χ1n) is 8.98. The number of benzene rings is 2. The molecule has 1 aliphatic carbocycles. The van der Waals surface area contributed by atoms with E-state index in [4.69, 9.17) is 9.47 Å². The van der Waals surface area contributed by atoms with E-state index in [2.05, 4.69) is 35.4 Å². The van der Waals surface area contributed by atoms with E-state index < -0.39 is 0 Å². The number of hydrogen-bond donors (Lipinski definition) is 2. The van der Waals surface area contributed by atoms with Crippen LogP contribution in [0, 0.1) is 6.92 Å². The molecule has 26 heavy (non-hydrogen) atoms. The molecule has 1 amide bonds. The molecule has 1 aliphatic heterocycles. The average Bonchev–Trinajstić information content (AvgIpc) is 3.24. The first-order chi connectivity index (χ1) is 12.7. The summed E-state index contributed by atoms with van der Waals surface area (Å²) in [5.74, 6) is 1.26. The first kappa shape index (κ1) is 15.3. The topological polar surface area (TPSA) is 63.4 Å². The van der Waals surface area contributed by atoms with Gasteiger partial charge in [-0.3, -0.25) is 4.79 Å². The predicted octanol–water partition coefficient (Wildman–Crippen LogP) is 3.49. The predicted molar refractivity (Wildman–Crippen MR) is 98.9 cm³/mol. The van der Waals surface area contributed by atoms with E-state index in [9.17, 15) is 4.79 Å². The lowest BCUT2D eigenvalue weighted by Crippen LogP contribution is -2.38. The van der Waals surface area contributed by atoms with Gasteiger partial charge in [-0.15, -0.1) is 0 Å². The number of H-pyrrole nitrogens is 1. The molecular weight excluding hydrogens is 328 g/mol. The SMILES string of the molecule is Cc1ccc2[nH]c3c(c2c1)CCC(NC(=O)c1ccc2c(c1)OCO2)C3. The monoisotopic (exact) mass is 348 g/mol. The molecule has 0 spiro atoms. The molecule has 1 atom stereocenters. The molecule has 2 N–H and O–H groups in total. The van der Waals surface area contributed by atoms with Crippen molar-refractivity contribution in [3.05, 3.63) is 58.8 Å². The van der Waals surface area contributed by atoms with Gasteiger partial charge in [0.15, 0.2) is 11.5 Å². The highest BCUT2D eigenvalue weighted by molar-refractivity contribution is 5.95. The maximum atomic E-state index is 12.6. The Morgan fingerprint density at radius 2 is 2.04 bits per heavy atom. The molecule has 0 fully saturated rings. The van der Waals surface area contributed by atoms with Gasteiger partial charge in [-0.25, -0.2) is 0 Å². The summed E-state index contributed by atoms with van der Waals surface area (Å²) >= 11 is 0. The summed E-state index contributed by atoms with van der Waals surface area (Å²) in [7, 11) is 0. The largest absolute Gasteiger partial charge is 0.454 e. The molecule has 2 heterocycles. The van der Waals surface area contributed by atoms with Crippen molar-refractivity contribution in [1.29, 1.82) is 0 Å². The van der Waals surface area contributed by atoms with Crippen LogP contribution in [0.25, 0.3) is 10.9 Å². The molecule has 5 nitrogen and oxygen atoms in total. The third-order valence-electron chi connectivity index (χ3n) is 5.31. The maximum Gasteiger partial charge on any atom is 0.251 e. The van der Waals surface area contributed by atoms with Gasteiger partial charge in [0.25, 0.3) is 5.91 Å². The van der Waals surface area contributed by atoms with E-state index >= 15 is 0 Å². The number of carbonyl (C=O) groups excluding carboxylic acids is 1. The first-order valence-corrected chi connectivity index (χ1v) is 8.98. The second-order valence-electron chi connectivity index (χ2n) is 7.11. The maximum absolute atomic E-state index is 12.6. The lowest BCUT2D eigenvalue weighted by atomic mass is 9.91. The quantitative estimate of drug-likeness (QED) is 0.745. The molecule has 1 unspecified atom stereocenters. The summed E-state index contributed by atoms with van der Waals surface area (Å²) in [4.78, 5) is 16.2. The van der Waals surface area contributed by atoms with Crippen LogP contribution in [0.5, 0.6) is 11.5 Å². The number of aromatic amines is 1. The fourth-order valence-electron chi connectivity index (χ4n) is 3.97. The molecule has 2 aromatic carbocycles. The Morgan fingerprint density at radius 1 is 1.15 bits per heavy atom. The van der Waals surface area contributed by atoms with Crippen LogP contribution in [-0.2, 0) is 12.8 Å². The Bertz CT molecular complexity index is 1020. The molecule has 132 valence electrons. The molecule has 0 bridgehead atoms. The van der Waals surface area contributed by atoms with Crippen molar-refractivity contribution >= 4 is 16.8 Å². The van der Waals surface area contributed by atoms with Gasteiger partial charge >= 0.3 is 0 Å². The second kappa shape index (κ2) is 5.80. The van der Waals surface area contributed by atoms with Crippen LogP contribution in [0.1, 0.15) is 33.6 Å². The van der Waals surface area contributed by atoms with Crippen molar-refractivity contribution < 1.29 is 14.3 Å². The van der Waals surface area contributed by atoms with E-state index in [-0.39, 0.29) is 18.7 Å². The van der Waals surface area contributed by atoms with Gasteiger partial charge in [0.1, 0.15) is 0 Å². The molecule has 2 aliphatic rings. The van der Waals surface area contributed by atoms with Crippen molar-refractivity contribution in [2.45, 2.75) is 32.2 Å². The summed E-state index contributed by atoms with van der Waals surface area (Å²) in [5.41, 5.74) is 5.71. The minimum atomic E-state index is -0.0660. The van der Waals surface area contributed by atoms with Crippen LogP contribution < -0.4 is 14.8 Å². The number of fused-ring (bicyclic) bond motifs is 4. The second-order valence-corrected chi connectivity index (χ2v) is 7.11. The summed E-state index contributed by atoms with van der Waals surface area (Å²) in [6.07, 6.45) is 2.76. The molecule has 5 heteroatoms. The van der Waals surface area contributed by atoms with Crippen molar-refractivity contribution in [3.63, 3.8) is 0 Å². The number of ether oxygens (including phenoxy) is 2. The van der Waals surface area contributed by atoms with Crippen LogP contribution in [0.2, 0.25) is 0 Å². The zero-order valence-corrected chi connectivity index (χ0v) is 14.6. The highest BCUT2D eigenvalue weighted by Gasteiger charge is 2.24. The molecule has 0 saturated carbocycles. The Kier molecular flexibility index (Phi) is 3.42. The Balaban J connectivity index is 1.35. The minimum Gasteiger partial charge on any atom is -0.454 e. The molecular formula is C21H20N2O3.